The predicted octanol–water partition coefficient (Wildman–Crippen LogP) is 4.27. The largest absolute Gasteiger partial charge is 0.511 e. The van der Waals surface area contributed by atoms with Gasteiger partial charge in [-0.25, -0.2) is 9.78 Å². The van der Waals surface area contributed by atoms with Gasteiger partial charge in [0.1, 0.15) is 11.4 Å². The van der Waals surface area contributed by atoms with E-state index in [9.17, 15) is 18.0 Å². The summed E-state index contributed by atoms with van der Waals surface area (Å²) in [6.07, 6.45) is -6.01. The molecule has 0 bridgehead atoms. The van der Waals surface area contributed by atoms with Gasteiger partial charge in [-0.2, -0.15) is 13.2 Å². The summed E-state index contributed by atoms with van der Waals surface area (Å²) in [6.45, 7) is 0. The van der Waals surface area contributed by atoms with Gasteiger partial charge >= 0.3 is 12.3 Å². The number of pyridine rings is 1. The van der Waals surface area contributed by atoms with Gasteiger partial charge in [0.25, 0.3) is 0 Å². The maximum atomic E-state index is 12.8. The van der Waals surface area contributed by atoms with E-state index < -0.39 is 24.1 Å². The summed E-state index contributed by atoms with van der Waals surface area (Å²) in [7, 11) is 0. The number of benzene rings is 1. The second kappa shape index (κ2) is 5.88. The molecule has 1 unspecified atom stereocenters. The Kier molecular flexibility index (Phi) is 3.88. The monoisotopic (exact) mass is 337 g/mol. The van der Waals surface area contributed by atoms with Crippen LogP contribution in [0.3, 0.4) is 0 Å². The fourth-order valence-corrected chi connectivity index (χ4v) is 2.27. The number of hydrogen-bond donors (Lipinski definition) is 1. The lowest BCUT2D eigenvalue weighted by Crippen LogP contribution is -2.21. The first-order valence-corrected chi connectivity index (χ1v) is 6.77. The van der Waals surface area contributed by atoms with Crippen LogP contribution in [0.25, 0.3) is 6.08 Å². The molecule has 0 amide bonds. The Labute approximate surface area is 134 Å². The molecule has 2 aromatic rings. The summed E-state index contributed by atoms with van der Waals surface area (Å²) >= 11 is 0. The van der Waals surface area contributed by atoms with Gasteiger partial charge in [0.05, 0.1) is 5.69 Å². The van der Waals surface area contributed by atoms with Crippen molar-refractivity contribution in [2.45, 2.75) is 12.3 Å². The predicted molar refractivity (Wildman–Crippen MR) is 76.1 cm³/mol. The first-order valence-electron chi connectivity index (χ1n) is 6.77. The van der Waals surface area contributed by atoms with Crippen LogP contribution in [0.5, 0.6) is 5.75 Å². The highest BCUT2D eigenvalue weighted by molar-refractivity contribution is 5.66. The van der Waals surface area contributed by atoms with Crippen molar-refractivity contribution in [2.75, 3.05) is 0 Å². The van der Waals surface area contributed by atoms with Crippen LogP contribution in [-0.4, -0.2) is 16.2 Å². The molecule has 2 heterocycles. The topological polar surface area (TPSA) is 68.7 Å². The number of rotatable bonds is 2. The van der Waals surface area contributed by atoms with Crippen molar-refractivity contribution in [3.63, 3.8) is 0 Å². The Morgan fingerprint density at radius 2 is 1.92 bits per heavy atom. The first kappa shape index (κ1) is 15.9. The van der Waals surface area contributed by atoms with Crippen molar-refractivity contribution in [3.8, 4) is 5.75 Å². The van der Waals surface area contributed by atoms with Gasteiger partial charge < -0.3 is 14.6 Å². The number of carboxylic acid groups (broad SMARTS) is 1. The maximum absolute atomic E-state index is 12.8. The zero-order valence-corrected chi connectivity index (χ0v) is 11.9. The number of alkyl halides is 3. The van der Waals surface area contributed by atoms with E-state index in [0.717, 1.165) is 6.07 Å². The summed E-state index contributed by atoms with van der Waals surface area (Å²) in [5.74, 6) is 0.229. The van der Waals surface area contributed by atoms with Gasteiger partial charge in [0.15, 0.2) is 11.9 Å². The first-order chi connectivity index (χ1) is 11.3. The number of aromatic nitrogens is 1. The van der Waals surface area contributed by atoms with Gasteiger partial charge in [0, 0.05) is 5.56 Å². The van der Waals surface area contributed by atoms with Crippen LogP contribution in [0, 0.1) is 0 Å². The molecule has 3 rings (SSSR count). The highest BCUT2D eigenvalue weighted by Gasteiger charge is 2.35. The highest BCUT2D eigenvalue weighted by atomic mass is 19.4. The number of ether oxygens (including phenoxy) is 2. The molecule has 1 N–H and O–H groups in total. The molecule has 0 saturated heterocycles. The fourth-order valence-electron chi connectivity index (χ4n) is 2.27. The molecule has 24 heavy (non-hydrogen) atoms. The van der Waals surface area contributed by atoms with Crippen LogP contribution in [-0.2, 0) is 10.9 Å². The number of nitrogens with zero attached hydrogens (tertiary/aromatic N) is 1. The molecule has 8 heteroatoms. The average Bonchev–Trinajstić information content (AvgIpc) is 2.53. The van der Waals surface area contributed by atoms with E-state index in [4.69, 9.17) is 9.84 Å². The SMILES string of the molecule is O=C(O)OC1=Cc2ccccc2OC1c1cccc(C(F)(F)F)n1. The van der Waals surface area contributed by atoms with Crippen LogP contribution >= 0.6 is 0 Å². The van der Waals surface area contributed by atoms with Gasteiger partial charge in [-0.1, -0.05) is 24.3 Å². The van der Waals surface area contributed by atoms with Crippen molar-refractivity contribution in [1.82, 2.24) is 4.98 Å². The van der Waals surface area contributed by atoms with Crippen molar-refractivity contribution in [3.05, 3.63) is 65.2 Å². The molecule has 0 aliphatic carbocycles. The maximum Gasteiger partial charge on any atom is 0.511 e. The number of carbonyl (C=O) groups is 1. The number of hydrogen-bond acceptors (Lipinski definition) is 4. The van der Waals surface area contributed by atoms with Gasteiger partial charge in [-0.3, -0.25) is 0 Å². The van der Waals surface area contributed by atoms with E-state index in [1.54, 1.807) is 24.3 Å². The molecule has 1 aliphatic heterocycles. The molecule has 5 nitrogen and oxygen atoms in total. The third kappa shape index (κ3) is 3.17. The molecule has 0 fully saturated rings. The minimum atomic E-state index is -4.62. The summed E-state index contributed by atoms with van der Waals surface area (Å²) in [4.78, 5) is 14.4. The molecule has 1 aromatic carbocycles. The summed E-state index contributed by atoms with van der Waals surface area (Å²) < 4.78 is 48.8. The van der Waals surface area contributed by atoms with E-state index in [0.29, 0.717) is 11.3 Å². The molecule has 1 atom stereocenters. The molecule has 1 aliphatic rings. The quantitative estimate of drug-likeness (QED) is 0.829. The number of halogens is 3. The lowest BCUT2D eigenvalue weighted by molar-refractivity contribution is -0.141. The van der Waals surface area contributed by atoms with E-state index in [-0.39, 0.29) is 11.5 Å². The van der Waals surface area contributed by atoms with Crippen molar-refractivity contribution in [1.29, 1.82) is 0 Å². The standard InChI is InChI=1S/C16H10F3NO4/c17-16(18,19)13-7-3-5-10(20-13)14-12(24-15(21)22)8-9-4-1-2-6-11(9)23-14/h1-8,14H,(H,21,22). The molecular formula is C16H10F3NO4. The normalized spacial score (nSPS) is 16.6. The third-order valence-corrected chi connectivity index (χ3v) is 3.25. The van der Waals surface area contributed by atoms with Gasteiger partial charge in [0.2, 0.25) is 0 Å². The molecule has 0 saturated carbocycles. The minimum absolute atomic E-state index is 0.105. The second-order valence-corrected chi connectivity index (χ2v) is 4.90. The summed E-state index contributed by atoms with van der Waals surface area (Å²) in [5, 5.41) is 8.84. The van der Waals surface area contributed by atoms with Crippen molar-refractivity contribution in [2.24, 2.45) is 0 Å². The van der Waals surface area contributed by atoms with E-state index in [1.807, 2.05) is 0 Å². The number of para-hydroxylation sites is 1. The minimum Gasteiger partial charge on any atom is -0.475 e. The average molecular weight is 337 g/mol. The van der Waals surface area contributed by atoms with Crippen molar-refractivity contribution < 1.29 is 32.5 Å². The smallest absolute Gasteiger partial charge is 0.475 e. The molecule has 124 valence electrons. The number of fused-ring (bicyclic) bond motifs is 1. The molecule has 1 aromatic heterocycles. The highest BCUT2D eigenvalue weighted by Crippen LogP contribution is 2.38. The molecular weight excluding hydrogens is 327 g/mol. The Morgan fingerprint density at radius 1 is 1.17 bits per heavy atom. The summed E-state index contributed by atoms with van der Waals surface area (Å²) in [6, 6.07) is 9.98. The molecule has 0 radical (unpaired) electrons. The molecule has 0 spiro atoms. The van der Waals surface area contributed by atoms with E-state index >= 15 is 0 Å². The Hall–Kier alpha value is -3.03. The van der Waals surface area contributed by atoms with E-state index in [2.05, 4.69) is 9.72 Å². The summed E-state index contributed by atoms with van der Waals surface area (Å²) in [5.41, 5.74) is -0.652. The van der Waals surface area contributed by atoms with Crippen LogP contribution in [0.4, 0.5) is 18.0 Å². The Morgan fingerprint density at radius 3 is 2.62 bits per heavy atom. The van der Waals surface area contributed by atoms with Crippen molar-refractivity contribution >= 4 is 12.2 Å². The van der Waals surface area contributed by atoms with Gasteiger partial charge in [-0.15, -0.1) is 0 Å². The Balaban J connectivity index is 2.04. The zero-order chi connectivity index (χ0) is 17.3. The second-order valence-electron chi connectivity index (χ2n) is 4.90. The lowest BCUT2D eigenvalue weighted by Gasteiger charge is -2.25. The van der Waals surface area contributed by atoms with Crippen LogP contribution in [0.1, 0.15) is 23.1 Å². The third-order valence-electron chi connectivity index (χ3n) is 3.25. The van der Waals surface area contributed by atoms with E-state index in [1.165, 1.54) is 18.2 Å². The lowest BCUT2D eigenvalue weighted by atomic mass is 10.1. The van der Waals surface area contributed by atoms with Crippen LogP contribution in [0.2, 0.25) is 0 Å². The van der Waals surface area contributed by atoms with Gasteiger partial charge in [-0.05, 0) is 24.3 Å². The van der Waals surface area contributed by atoms with Crippen LogP contribution in [0.15, 0.2) is 48.2 Å². The van der Waals surface area contributed by atoms with Crippen LogP contribution < -0.4 is 4.74 Å². The fraction of sp³-hybridized carbons (Fsp3) is 0.125. The zero-order valence-electron chi connectivity index (χ0n) is 11.9. The Bertz CT molecular complexity index is 817.